The van der Waals surface area contributed by atoms with Crippen molar-refractivity contribution in [1.29, 1.82) is 0 Å². The zero-order valence-electron chi connectivity index (χ0n) is 17.3. The Kier molecular flexibility index (Phi) is 4.75. The number of nitrogens with two attached hydrogens (primary N) is 1. The minimum absolute atomic E-state index is 0.302. The summed E-state index contributed by atoms with van der Waals surface area (Å²) in [5.74, 6) is 1.92. The van der Waals surface area contributed by atoms with Crippen molar-refractivity contribution in [1.82, 2.24) is 19.9 Å². The number of rotatable bonds is 3. The van der Waals surface area contributed by atoms with Crippen LogP contribution in [0.2, 0.25) is 0 Å². The summed E-state index contributed by atoms with van der Waals surface area (Å²) in [6.07, 6.45) is 1.87. The molecule has 0 spiro atoms. The SMILES string of the molecule is Cc1cc(-c2nc(N3CCOCC3)c3sc4ncc(C(C)C)nc4c3n2)ccc1N. The fourth-order valence-electron chi connectivity index (χ4n) is 3.62. The van der Waals surface area contributed by atoms with E-state index in [2.05, 4.69) is 23.7 Å². The molecule has 0 atom stereocenters. The van der Waals surface area contributed by atoms with Gasteiger partial charge >= 0.3 is 0 Å². The summed E-state index contributed by atoms with van der Waals surface area (Å²) in [6.45, 7) is 9.25. The van der Waals surface area contributed by atoms with E-state index in [1.807, 2.05) is 31.3 Å². The molecule has 0 aliphatic carbocycles. The Morgan fingerprint density at radius 3 is 2.63 bits per heavy atom. The summed E-state index contributed by atoms with van der Waals surface area (Å²) in [5.41, 5.74) is 11.4. The number of anilines is 2. The third-order valence-corrected chi connectivity index (χ3v) is 6.53. The standard InChI is InChI=1S/C22H24N6OS/c1-12(2)16-11-24-22-18(25-16)17-19(30-22)21(28-6-8-29-9-7-28)27-20(26-17)14-4-5-15(23)13(3)10-14/h4-5,10-12H,6-9,23H2,1-3H3. The average molecular weight is 421 g/mol. The maximum atomic E-state index is 6.03. The number of ether oxygens (including phenoxy) is 1. The van der Waals surface area contributed by atoms with Crippen LogP contribution in [0.1, 0.15) is 31.0 Å². The minimum Gasteiger partial charge on any atom is -0.399 e. The van der Waals surface area contributed by atoms with Crippen molar-refractivity contribution in [3.05, 3.63) is 35.7 Å². The van der Waals surface area contributed by atoms with Gasteiger partial charge in [-0.2, -0.15) is 0 Å². The van der Waals surface area contributed by atoms with Crippen LogP contribution in [0.5, 0.6) is 0 Å². The third-order valence-electron chi connectivity index (χ3n) is 5.46. The molecule has 2 N–H and O–H groups in total. The van der Waals surface area contributed by atoms with Crippen LogP contribution in [-0.4, -0.2) is 46.2 Å². The molecule has 0 amide bonds. The molecule has 0 radical (unpaired) electrons. The number of aromatic nitrogens is 4. The van der Waals surface area contributed by atoms with Gasteiger partial charge < -0.3 is 15.4 Å². The second-order valence-corrected chi connectivity index (χ2v) is 8.92. The van der Waals surface area contributed by atoms with Crippen molar-refractivity contribution in [3.63, 3.8) is 0 Å². The minimum atomic E-state index is 0.302. The van der Waals surface area contributed by atoms with Crippen LogP contribution in [0.3, 0.4) is 0 Å². The molecule has 8 heteroatoms. The lowest BCUT2D eigenvalue weighted by molar-refractivity contribution is 0.122. The van der Waals surface area contributed by atoms with Gasteiger partial charge in [0.1, 0.15) is 15.9 Å². The Bertz CT molecular complexity index is 1250. The summed E-state index contributed by atoms with van der Waals surface area (Å²) >= 11 is 1.61. The fraction of sp³-hybridized carbons (Fsp3) is 0.364. The van der Waals surface area contributed by atoms with Crippen LogP contribution in [0.4, 0.5) is 11.5 Å². The van der Waals surface area contributed by atoms with Crippen molar-refractivity contribution in [2.75, 3.05) is 36.9 Å². The lowest BCUT2D eigenvalue weighted by atomic mass is 10.1. The third kappa shape index (κ3) is 3.26. The monoisotopic (exact) mass is 420 g/mol. The van der Waals surface area contributed by atoms with Crippen molar-refractivity contribution >= 4 is 43.4 Å². The van der Waals surface area contributed by atoms with Crippen molar-refractivity contribution < 1.29 is 4.74 Å². The fourth-order valence-corrected chi connectivity index (χ4v) is 4.66. The number of hydrogen-bond donors (Lipinski definition) is 1. The number of aryl methyl sites for hydroxylation is 1. The number of nitrogen functional groups attached to an aromatic ring is 1. The molecule has 0 saturated carbocycles. The normalized spacial score (nSPS) is 14.9. The summed E-state index contributed by atoms with van der Waals surface area (Å²) < 4.78 is 6.59. The lowest BCUT2D eigenvalue weighted by Gasteiger charge is -2.28. The first-order chi connectivity index (χ1) is 14.5. The first kappa shape index (κ1) is 19.1. The number of hydrogen-bond acceptors (Lipinski definition) is 8. The summed E-state index contributed by atoms with van der Waals surface area (Å²) in [5, 5.41) is 0. The van der Waals surface area contributed by atoms with Crippen molar-refractivity contribution in [3.8, 4) is 11.4 Å². The van der Waals surface area contributed by atoms with Gasteiger partial charge in [0.15, 0.2) is 11.6 Å². The van der Waals surface area contributed by atoms with Gasteiger partial charge in [-0.3, -0.25) is 0 Å². The highest BCUT2D eigenvalue weighted by Gasteiger charge is 2.22. The molecule has 1 aliphatic heterocycles. The average Bonchev–Trinajstić information content (AvgIpc) is 3.13. The molecule has 7 nitrogen and oxygen atoms in total. The van der Waals surface area contributed by atoms with Gasteiger partial charge in [0.2, 0.25) is 0 Å². The highest BCUT2D eigenvalue weighted by molar-refractivity contribution is 7.25. The predicted octanol–water partition coefficient (Wildman–Crippen LogP) is 4.15. The highest BCUT2D eigenvalue weighted by Crippen LogP contribution is 2.38. The zero-order valence-corrected chi connectivity index (χ0v) is 18.2. The second-order valence-electron chi connectivity index (χ2n) is 7.92. The number of thiophene rings is 1. The van der Waals surface area contributed by atoms with E-state index < -0.39 is 0 Å². The summed E-state index contributed by atoms with van der Waals surface area (Å²) in [7, 11) is 0. The molecular weight excluding hydrogens is 396 g/mol. The van der Waals surface area contributed by atoms with Crippen molar-refractivity contribution in [2.45, 2.75) is 26.7 Å². The predicted molar refractivity (Wildman–Crippen MR) is 122 cm³/mol. The van der Waals surface area contributed by atoms with Gasteiger partial charge in [-0.05, 0) is 36.6 Å². The van der Waals surface area contributed by atoms with E-state index in [9.17, 15) is 0 Å². The zero-order chi connectivity index (χ0) is 20.8. The lowest BCUT2D eigenvalue weighted by Crippen LogP contribution is -2.36. The molecule has 154 valence electrons. The molecule has 1 fully saturated rings. The molecule has 4 heterocycles. The molecule has 3 aromatic heterocycles. The molecular formula is C22H24N6OS. The smallest absolute Gasteiger partial charge is 0.162 e. The Balaban J connectivity index is 1.78. The molecule has 1 saturated heterocycles. The molecule has 1 aromatic carbocycles. The van der Waals surface area contributed by atoms with E-state index >= 15 is 0 Å². The maximum Gasteiger partial charge on any atom is 0.162 e. The van der Waals surface area contributed by atoms with Crippen LogP contribution in [-0.2, 0) is 4.74 Å². The van der Waals surface area contributed by atoms with Gasteiger partial charge in [-0.1, -0.05) is 13.8 Å². The van der Waals surface area contributed by atoms with Crippen LogP contribution in [0.15, 0.2) is 24.4 Å². The number of fused-ring (bicyclic) bond motifs is 3. The van der Waals surface area contributed by atoms with Crippen LogP contribution in [0.25, 0.3) is 32.0 Å². The Labute approximate surface area is 178 Å². The maximum absolute atomic E-state index is 6.03. The van der Waals surface area contributed by atoms with E-state index in [-0.39, 0.29) is 0 Å². The Morgan fingerprint density at radius 1 is 1.10 bits per heavy atom. The van der Waals surface area contributed by atoms with E-state index in [4.69, 9.17) is 25.4 Å². The van der Waals surface area contributed by atoms with E-state index in [1.165, 1.54) is 0 Å². The van der Waals surface area contributed by atoms with Gasteiger partial charge in [0.05, 0.1) is 29.8 Å². The van der Waals surface area contributed by atoms with Gasteiger partial charge in [0.25, 0.3) is 0 Å². The molecule has 5 rings (SSSR count). The van der Waals surface area contributed by atoms with Crippen LogP contribution >= 0.6 is 11.3 Å². The van der Waals surface area contributed by atoms with E-state index in [0.29, 0.717) is 25.0 Å². The highest BCUT2D eigenvalue weighted by atomic mass is 32.1. The van der Waals surface area contributed by atoms with Gasteiger partial charge in [0, 0.05) is 24.3 Å². The van der Waals surface area contributed by atoms with E-state index in [0.717, 1.165) is 62.0 Å². The van der Waals surface area contributed by atoms with Crippen LogP contribution < -0.4 is 10.6 Å². The first-order valence-electron chi connectivity index (χ1n) is 10.2. The molecule has 0 bridgehead atoms. The van der Waals surface area contributed by atoms with Gasteiger partial charge in [-0.25, -0.2) is 19.9 Å². The first-order valence-corrected chi connectivity index (χ1v) is 11.0. The number of benzene rings is 1. The number of morpholine rings is 1. The Morgan fingerprint density at radius 2 is 1.90 bits per heavy atom. The summed E-state index contributed by atoms with van der Waals surface area (Å²) in [4.78, 5) is 22.7. The quantitative estimate of drug-likeness (QED) is 0.498. The second kappa shape index (κ2) is 7.45. The Hall–Kier alpha value is -2.84. The molecule has 1 aliphatic rings. The van der Waals surface area contributed by atoms with Crippen molar-refractivity contribution in [2.24, 2.45) is 0 Å². The molecule has 4 aromatic rings. The van der Waals surface area contributed by atoms with Crippen LogP contribution in [0, 0.1) is 6.92 Å². The largest absolute Gasteiger partial charge is 0.399 e. The summed E-state index contributed by atoms with van der Waals surface area (Å²) in [6, 6.07) is 5.93. The molecule has 0 unspecified atom stereocenters. The number of nitrogens with zero attached hydrogens (tertiary/aromatic N) is 5. The van der Waals surface area contributed by atoms with Gasteiger partial charge in [-0.15, -0.1) is 11.3 Å². The molecule has 30 heavy (non-hydrogen) atoms. The van der Waals surface area contributed by atoms with E-state index in [1.54, 1.807) is 11.3 Å². The topological polar surface area (TPSA) is 90.0 Å².